The Balaban J connectivity index is 2.60. The van der Waals surface area contributed by atoms with E-state index in [9.17, 15) is 9.18 Å². The average molecular weight is 254 g/mol. The van der Waals surface area contributed by atoms with Gasteiger partial charge in [-0.25, -0.2) is 14.2 Å². The number of carbonyl (C=O) groups excluding carboxylic acids is 1. The fourth-order valence-electron chi connectivity index (χ4n) is 1.49. The average Bonchev–Trinajstić information content (AvgIpc) is 2.30. The summed E-state index contributed by atoms with van der Waals surface area (Å²) >= 11 is 5.83. The summed E-state index contributed by atoms with van der Waals surface area (Å²) in [5.41, 5.74) is 0.289. The molecule has 0 radical (unpaired) electrons. The number of para-hydroxylation sites is 1. The molecule has 2 aromatic rings. The summed E-state index contributed by atoms with van der Waals surface area (Å²) in [6, 6.07) is 5.97. The van der Waals surface area contributed by atoms with Crippen molar-refractivity contribution in [2.24, 2.45) is 0 Å². The number of benzene rings is 1. The fraction of sp³-hybridized carbons (Fsp3) is 0.167. The Morgan fingerprint density at radius 3 is 3.00 bits per heavy atom. The Hall–Kier alpha value is -1.68. The third-order valence-electron chi connectivity index (χ3n) is 2.25. The van der Waals surface area contributed by atoms with Crippen molar-refractivity contribution in [3.05, 3.63) is 40.8 Å². The lowest BCUT2D eigenvalue weighted by Gasteiger charge is -2.05. The number of aromatic nitrogens is 1. The molecule has 88 valence electrons. The zero-order valence-corrected chi connectivity index (χ0v) is 9.79. The van der Waals surface area contributed by atoms with Gasteiger partial charge in [-0.3, -0.25) is 0 Å². The second kappa shape index (κ2) is 4.67. The Morgan fingerprint density at radius 1 is 1.53 bits per heavy atom. The molecule has 1 aromatic carbocycles. The first kappa shape index (κ1) is 11.8. The normalized spacial score (nSPS) is 10.5. The Morgan fingerprint density at radius 2 is 2.29 bits per heavy atom. The van der Waals surface area contributed by atoms with Gasteiger partial charge in [0.1, 0.15) is 16.5 Å². The third kappa shape index (κ3) is 2.22. The molecule has 1 aromatic heterocycles. The molecule has 0 saturated carbocycles. The second-order valence-electron chi connectivity index (χ2n) is 3.36. The zero-order valence-electron chi connectivity index (χ0n) is 9.04. The SMILES string of the molecule is CCOC(=O)c1cc2cccc(F)c2nc1Cl. The highest BCUT2D eigenvalue weighted by molar-refractivity contribution is 6.32. The molecule has 0 bridgehead atoms. The van der Waals surface area contributed by atoms with Crippen LogP contribution in [0.1, 0.15) is 17.3 Å². The number of fused-ring (bicyclic) bond motifs is 1. The van der Waals surface area contributed by atoms with Gasteiger partial charge in [-0.2, -0.15) is 0 Å². The highest BCUT2D eigenvalue weighted by Gasteiger charge is 2.15. The molecule has 0 N–H and O–H groups in total. The van der Waals surface area contributed by atoms with E-state index in [1.165, 1.54) is 12.1 Å². The number of hydrogen-bond donors (Lipinski definition) is 0. The van der Waals surface area contributed by atoms with Crippen molar-refractivity contribution in [1.29, 1.82) is 0 Å². The van der Waals surface area contributed by atoms with Crippen molar-refractivity contribution >= 4 is 28.5 Å². The summed E-state index contributed by atoms with van der Waals surface area (Å²) in [5.74, 6) is -1.03. The maximum absolute atomic E-state index is 13.4. The molecule has 2 rings (SSSR count). The molecular formula is C12H9ClFNO2. The minimum atomic E-state index is -0.559. The van der Waals surface area contributed by atoms with Gasteiger partial charge in [0.05, 0.1) is 12.2 Å². The molecular weight excluding hydrogens is 245 g/mol. The van der Waals surface area contributed by atoms with Crippen LogP contribution in [0.4, 0.5) is 4.39 Å². The van der Waals surface area contributed by atoms with Gasteiger partial charge in [-0.1, -0.05) is 23.7 Å². The van der Waals surface area contributed by atoms with Crippen molar-refractivity contribution in [3.63, 3.8) is 0 Å². The highest BCUT2D eigenvalue weighted by Crippen LogP contribution is 2.23. The van der Waals surface area contributed by atoms with Crippen molar-refractivity contribution in [3.8, 4) is 0 Å². The summed E-state index contributed by atoms with van der Waals surface area (Å²) < 4.78 is 18.2. The van der Waals surface area contributed by atoms with Gasteiger partial charge in [0.2, 0.25) is 0 Å². The quantitative estimate of drug-likeness (QED) is 0.609. The molecule has 0 unspecified atom stereocenters. The number of pyridine rings is 1. The predicted octanol–water partition coefficient (Wildman–Crippen LogP) is 3.20. The monoisotopic (exact) mass is 253 g/mol. The fourth-order valence-corrected chi connectivity index (χ4v) is 1.71. The minimum Gasteiger partial charge on any atom is -0.462 e. The van der Waals surface area contributed by atoms with Gasteiger partial charge in [0, 0.05) is 5.39 Å². The molecule has 0 aliphatic carbocycles. The van der Waals surface area contributed by atoms with Crippen LogP contribution in [0.25, 0.3) is 10.9 Å². The molecule has 0 amide bonds. The van der Waals surface area contributed by atoms with E-state index in [1.54, 1.807) is 19.1 Å². The standard InChI is InChI=1S/C12H9ClFNO2/c1-2-17-12(16)8-6-7-4-3-5-9(14)10(7)15-11(8)13/h3-6H,2H2,1H3. The van der Waals surface area contributed by atoms with E-state index in [1.807, 2.05) is 0 Å². The number of carbonyl (C=O) groups is 1. The lowest BCUT2D eigenvalue weighted by molar-refractivity contribution is 0.0526. The van der Waals surface area contributed by atoms with Crippen molar-refractivity contribution in [2.45, 2.75) is 6.92 Å². The van der Waals surface area contributed by atoms with E-state index in [-0.39, 0.29) is 22.8 Å². The van der Waals surface area contributed by atoms with E-state index in [0.717, 1.165) is 0 Å². The molecule has 0 aliphatic rings. The summed E-state index contributed by atoms with van der Waals surface area (Å²) in [5, 5.41) is 0.457. The van der Waals surface area contributed by atoms with E-state index in [0.29, 0.717) is 5.39 Å². The molecule has 0 saturated heterocycles. The van der Waals surface area contributed by atoms with Gasteiger partial charge in [0.25, 0.3) is 0 Å². The first-order valence-corrected chi connectivity index (χ1v) is 5.43. The van der Waals surface area contributed by atoms with Crippen LogP contribution < -0.4 is 0 Å². The smallest absolute Gasteiger partial charge is 0.341 e. The van der Waals surface area contributed by atoms with Crippen LogP contribution in [0, 0.1) is 5.82 Å². The zero-order chi connectivity index (χ0) is 12.4. The summed E-state index contributed by atoms with van der Waals surface area (Å²) in [7, 11) is 0. The molecule has 17 heavy (non-hydrogen) atoms. The van der Waals surface area contributed by atoms with Crippen molar-refractivity contribution < 1.29 is 13.9 Å². The Bertz CT molecular complexity index is 586. The van der Waals surface area contributed by atoms with E-state index in [4.69, 9.17) is 16.3 Å². The lowest BCUT2D eigenvalue weighted by Crippen LogP contribution is -2.06. The number of ether oxygens (including phenoxy) is 1. The van der Waals surface area contributed by atoms with E-state index < -0.39 is 11.8 Å². The van der Waals surface area contributed by atoms with Crippen LogP contribution >= 0.6 is 11.6 Å². The first-order chi connectivity index (χ1) is 8.13. The summed E-state index contributed by atoms with van der Waals surface area (Å²) in [6.45, 7) is 1.94. The number of halogens is 2. The van der Waals surface area contributed by atoms with Gasteiger partial charge in [-0.05, 0) is 19.1 Å². The second-order valence-corrected chi connectivity index (χ2v) is 3.72. The number of esters is 1. The number of rotatable bonds is 2. The maximum Gasteiger partial charge on any atom is 0.341 e. The molecule has 0 spiro atoms. The molecule has 5 heteroatoms. The van der Waals surface area contributed by atoms with Crippen molar-refractivity contribution in [2.75, 3.05) is 6.61 Å². The summed E-state index contributed by atoms with van der Waals surface area (Å²) in [4.78, 5) is 15.4. The van der Waals surface area contributed by atoms with Crippen LogP contribution in [0.2, 0.25) is 5.15 Å². The molecule has 1 heterocycles. The topological polar surface area (TPSA) is 39.2 Å². The maximum atomic E-state index is 13.4. The van der Waals surface area contributed by atoms with Crippen LogP contribution in [0.5, 0.6) is 0 Å². The first-order valence-electron chi connectivity index (χ1n) is 5.05. The largest absolute Gasteiger partial charge is 0.462 e. The van der Waals surface area contributed by atoms with Gasteiger partial charge >= 0.3 is 5.97 Å². The van der Waals surface area contributed by atoms with Crippen LogP contribution in [-0.4, -0.2) is 17.6 Å². The minimum absolute atomic E-state index is 0.0546. The molecule has 3 nitrogen and oxygen atoms in total. The highest BCUT2D eigenvalue weighted by atomic mass is 35.5. The van der Waals surface area contributed by atoms with Gasteiger partial charge in [0.15, 0.2) is 0 Å². The molecule has 0 aliphatic heterocycles. The Labute approximate surface area is 102 Å². The molecule has 0 atom stereocenters. The summed E-state index contributed by atoms with van der Waals surface area (Å²) in [6.07, 6.45) is 0. The van der Waals surface area contributed by atoms with Crippen LogP contribution in [0.3, 0.4) is 0 Å². The predicted molar refractivity (Wildman–Crippen MR) is 62.7 cm³/mol. The van der Waals surface area contributed by atoms with Crippen LogP contribution in [-0.2, 0) is 4.74 Å². The lowest BCUT2D eigenvalue weighted by atomic mass is 10.1. The van der Waals surface area contributed by atoms with E-state index >= 15 is 0 Å². The van der Waals surface area contributed by atoms with Gasteiger partial charge in [-0.15, -0.1) is 0 Å². The third-order valence-corrected chi connectivity index (χ3v) is 2.53. The number of nitrogens with zero attached hydrogens (tertiary/aromatic N) is 1. The Kier molecular flexibility index (Phi) is 3.24. The number of hydrogen-bond acceptors (Lipinski definition) is 3. The molecule has 0 fully saturated rings. The van der Waals surface area contributed by atoms with E-state index in [2.05, 4.69) is 4.98 Å². The van der Waals surface area contributed by atoms with Crippen molar-refractivity contribution in [1.82, 2.24) is 4.98 Å². The van der Waals surface area contributed by atoms with Crippen LogP contribution in [0.15, 0.2) is 24.3 Å². The van der Waals surface area contributed by atoms with Gasteiger partial charge < -0.3 is 4.74 Å².